The van der Waals surface area contributed by atoms with Crippen molar-refractivity contribution >= 4 is 17.5 Å². The maximum atomic E-state index is 13.0. The number of nitrogens with zero attached hydrogens (tertiary/aromatic N) is 1. The summed E-state index contributed by atoms with van der Waals surface area (Å²) in [6.07, 6.45) is 0. The van der Waals surface area contributed by atoms with Crippen molar-refractivity contribution in [1.82, 2.24) is 10.5 Å². The lowest BCUT2D eigenvalue weighted by Crippen LogP contribution is -2.23. The average molecular weight is 411 g/mol. The third kappa shape index (κ3) is 4.70. The molecule has 4 rings (SSSR count). The molecule has 1 aromatic heterocycles. The van der Waals surface area contributed by atoms with Crippen LogP contribution in [-0.4, -0.2) is 17.0 Å². The number of hydrogen-bond donors (Lipinski definition) is 2. The zero-order chi connectivity index (χ0) is 21.6. The van der Waals surface area contributed by atoms with E-state index >= 15 is 0 Å². The van der Waals surface area contributed by atoms with Gasteiger partial charge in [0.25, 0.3) is 11.8 Å². The number of carbonyl (C=O) groups excluding carboxylic acids is 2. The van der Waals surface area contributed by atoms with Crippen LogP contribution < -0.4 is 10.6 Å². The van der Waals surface area contributed by atoms with Gasteiger partial charge in [-0.2, -0.15) is 0 Å². The number of hydrogen-bond acceptors (Lipinski definition) is 4. The third-order valence-corrected chi connectivity index (χ3v) is 4.82. The number of amides is 2. The molecule has 0 radical (unpaired) electrons. The lowest BCUT2D eigenvalue weighted by molar-refractivity contribution is 0.0949. The van der Waals surface area contributed by atoms with Crippen LogP contribution in [0, 0.1) is 6.92 Å². The minimum atomic E-state index is -0.348. The maximum absolute atomic E-state index is 13.0. The zero-order valence-electron chi connectivity index (χ0n) is 17.0. The summed E-state index contributed by atoms with van der Waals surface area (Å²) in [7, 11) is 0. The number of carbonyl (C=O) groups is 2. The van der Waals surface area contributed by atoms with Crippen molar-refractivity contribution in [3.63, 3.8) is 0 Å². The molecule has 0 spiro atoms. The van der Waals surface area contributed by atoms with Gasteiger partial charge in [0.05, 0.1) is 0 Å². The molecule has 2 amide bonds. The van der Waals surface area contributed by atoms with E-state index in [-0.39, 0.29) is 11.8 Å². The Hall–Kier alpha value is -4.19. The standard InChI is InChI=1S/C25H21N3O3/c1-17-22(23(28-31-17)19-11-6-3-7-12-19)25(30)27-21-14-8-13-20(15-21)24(29)26-16-18-9-4-2-5-10-18/h2-15H,16H2,1H3,(H,26,29)(H,27,30). The maximum Gasteiger partial charge on any atom is 0.261 e. The second-order valence-electron chi connectivity index (χ2n) is 7.03. The van der Waals surface area contributed by atoms with Crippen molar-refractivity contribution in [2.24, 2.45) is 0 Å². The van der Waals surface area contributed by atoms with Crippen LogP contribution in [0.2, 0.25) is 0 Å². The first-order chi connectivity index (χ1) is 15.1. The van der Waals surface area contributed by atoms with Gasteiger partial charge >= 0.3 is 0 Å². The molecule has 0 bridgehead atoms. The van der Waals surface area contributed by atoms with Crippen molar-refractivity contribution < 1.29 is 14.1 Å². The smallest absolute Gasteiger partial charge is 0.261 e. The van der Waals surface area contributed by atoms with Gasteiger partial charge in [-0.25, -0.2) is 0 Å². The summed E-state index contributed by atoms with van der Waals surface area (Å²) in [5.74, 6) is -0.140. The molecule has 154 valence electrons. The van der Waals surface area contributed by atoms with Gasteiger partial charge in [0.2, 0.25) is 0 Å². The van der Waals surface area contributed by atoms with Crippen LogP contribution >= 0.6 is 0 Å². The predicted molar refractivity (Wildman–Crippen MR) is 119 cm³/mol. The van der Waals surface area contributed by atoms with Gasteiger partial charge in [-0.15, -0.1) is 0 Å². The van der Waals surface area contributed by atoms with E-state index in [1.54, 1.807) is 31.2 Å². The molecule has 0 fully saturated rings. The van der Waals surface area contributed by atoms with E-state index in [0.717, 1.165) is 11.1 Å². The molecule has 0 aliphatic rings. The lowest BCUT2D eigenvalue weighted by atomic mass is 10.1. The van der Waals surface area contributed by atoms with Crippen LogP contribution in [0.3, 0.4) is 0 Å². The quantitative estimate of drug-likeness (QED) is 0.476. The van der Waals surface area contributed by atoms with Crippen LogP contribution in [0.1, 0.15) is 32.0 Å². The summed E-state index contributed by atoms with van der Waals surface area (Å²) in [4.78, 5) is 25.5. The van der Waals surface area contributed by atoms with Crippen LogP contribution in [0.5, 0.6) is 0 Å². The molecule has 0 atom stereocenters. The molecule has 0 unspecified atom stereocenters. The topological polar surface area (TPSA) is 84.2 Å². The number of nitrogens with one attached hydrogen (secondary N) is 2. The van der Waals surface area contributed by atoms with Crippen molar-refractivity contribution in [2.75, 3.05) is 5.32 Å². The van der Waals surface area contributed by atoms with Gasteiger partial charge in [-0.1, -0.05) is 71.9 Å². The number of rotatable bonds is 6. The van der Waals surface area contributed by atoms with Gasteiger partial charge in [0.1, 0.15) is 17.0 Å². The predicted octanol–water partition coefficient (Wildman–Crippen LogP) is 4.83. The van der Waals surface area contributed by atoms with Crippen molar-refractivity contribution in [3.05, 3.63) is 107 Å². The highest BCUT2D eigenvalue weighted by atomic mass is 16.5. The fourth-order valence-electron chi connectivity index (χ4n) is 3.24. The van der Waals surface area contributed by atoms with E-state index in [0.29, 0.717) is 34.8 Å². The van der Waals surface area contributed by atoms with Crippen LogP contribution in [0.25, 0.3) is 11.3 Å². The number of benzene rings is 3. The molecule has 1 heterocycles. The summed E-state index contributed by atoms with van der Waals surface area (Å²) in [5, 5.41) is 9.78. The molecule has 6 nitrogen and oxygen atoms in total. The lowest BCUT2D eigenvalue weighted by Gasteiger charge is -2.09. The average Bonchev–Trinajstić information content (AvgIpc) is 3.20. The molecule has 0 saturated carbocycles. The monoisotopic (exact) mass is 411 g/mol. The summed E-state index contributed by atoms with van der Waals surface area (Å²) in [6.45, 7) is 2.12. The number of aromatic nitrogens is 1. The molecular formula is C25H21N3O3. The second-order valence-corrected chi connectivity index (χ2v) is 7.03. The number of anilines is 1. The highest BCUT2D eigenvalue weighted by molar-refractivity contribution is 6.09. The summed E-state index contributed by atoms with van der Waals surface area (Å²) in [6, 6.07) is 25.9. The van der Waals surface area contributed by atoms with Crippen LogP contribution in [-0.2, 0) is 6.54 Å². The van der Waals surface area contributed by atoms with Crippen molar-refractivity contribution in [1.29, 1.82) is 0 Å². The Morgan fingerprint density at radius 3 is 2.32 bits per heavy atom. The molecule has 0 saturated heterocycles. The van der Waals surface area contributed by atoms with Gasteiger partial charge in [0.15, 0.2) is 0 Å². The SMILES string of the molecule is Cc1onc(-c2ccccc2)c1C(=O)Nc1cccc(C(=O)NCc2ccccc2)c1. The molecule has 0 aliphatic carbocycles. The molecule has 4 aromatic rings. The van der Waals surface area contributed by atoms with Crippen molar-refractivity contribution in [3.8, 4) is 11.3 Å². The van der Waals surface area contributed by atoms with Gasteiger partial charge in [-0.3, -0.25) is 9.59 Å². The van der Waals surface area contributed by atoms with Gasteiger partial charge < -0.3 is 15.2 Å². The first kappa shape index (κ1) is 20.1. The van der Waals surface area contributed by atoms with E-state index < -0.39 is 0 Å². The molecule has 0 aliphatic heterocycles. The first-order valence-electron chi connectivity index (χ1n) is 9.87. The fraction of sp³-hybridized carbons (Fsp3) is 0.0800. The Kier molecular flexibility index (Phi) is 5.89. The molecule has 3 aromatic carbocycles. The normalized spacial score (nSPS) is 10.5. The minimum Gasteiger partial charge on any atom is -0.360 e. The van der Waals surface area contributed by atoms with Gasteiger partial charge in [-0.05, 0) is 30.7 Å². The Labute approximate surface area is 179 Å². The van der Waals surface area contributed by atoms with Gasteiger partial charge in [0, 0.05) is 23.4 Å². The van der Waals surface area contributed by atoms with E-state index in [2.05, 4.69) is 15.8 Å². The zero-order valence-corrected chi connectivity index (χ0v) is 17.0. The van der Waals surface area contributed by atoms with Crippen molar-refractivity contribution in [2.45, 2.75) is 13.5 Å². The largest absolute Gasteiger partial charge is 0.360 e. The third-order valence-electron chi connectivity index (χ3n) is 4.82. The highest BCUT2D eigenvalue weighted by Crippen LogP contribution is 2.26. The van der Waals surface area contributed by atoms with E-state index in [9.17, 15) is 9.59 Å². The second kappa shape index (κ2) is 9.09. The van der Waals surface area contributed by atoms with E-state index in [4.69, 9.17) is 4.52 Å². The molecule has 6 heteroatoms. The first-order valence-corrected chi connectivity index (χ1v) is 9.87. The van der Waals surface area contributed by atoms with E-state index in [1.165, 1.54) is 0 Å². The fourth-order valence-corrected chi connectivity index (χ4v) is 3.24. The van der Waals surface area contributed by atoms with Crippen LogP contribution in [0.15, 0.2) is 89.5 Å². The van der Waals surface area contributed by atoms with Crippen LogP contribution in [0.4, 0.5) is 5.69 Å². The Morgan fingerprint density at radius 2 is 1.58 bits per heavy atom. The molecule has 31 heavy (non-hydrogen) atoms. The summed E-state index contributed by atoms with van der Waals surface area (Å²) < 4.78 is 5.27. The Balaban J connectivity index is 1.49. The highest BCUT2D eigenvalue weighted by Gasteiger charge is 2.22. The Bertz CT molecular complexity index is 1200. The summed E-state index contributed by atoms with van der Waals surface area (Å²) >= 11 is 0. The Morgan fingerprint density at radius 1 is 0.871 bits per heavy atom. The molecule has 2 N–H and O–H groups in total. The minimum absolute atomic E-state index is 0.217. The van der Waals surface area contributed by atoms with E-state index in [1.807, 2.05) is 60.7 Å². The number of aryl methyl sites for hydroxylation is 1. The summed E-state index contributed by atoms with van der Waals surface area (Å²) in [5.41, 5.74) is 3.61. The molecular weight excluding hydrogens is 390 g/mol.